The number of rotatable bonds is 13. The van der Waals surface area contributed by atoms with E-state index in [1.807, 2.05) is 26.8 Å². The first-order valence-corrected chi connectivity index (χ1v) is 10.6. The number of carbonyl (C=O) groups excluding carboxylic acids is 3. The summed E-state index contributed by atoms with van der Waals surface area (Å²) >= 11 is 0. The van der Waals surface area contributed by atoms with E-state index in [1.54, 1.807) is 18.2 Å². The Labute approximate surface area is 182 Å². The number of aliphatic hydroxyl groups excluding tert-OH is 2. The van der Waals surface area contributed by atoms with Gasteiger partial charge >= 0.3 is 0 Å². The van der Waals surface area contributed by atoms with Crippen LogP contribution in [0.1, 0.15) is 44.0 Å². The molecule has 31 heavy (non-hydrogen) atoms. The van der Waals surface area contributed by atoms with Gasteiger partial charge in [0.05, 0.1) is 25.9 Å². The fourth-order valence-electron chi connectivity index (χ4n) is 3.17. The number of carbonyl (C=O) groups is 3. The van der Waals surface area contributed by atoms with Crippen molar-refractivity contribution in [1.29, 1.82) is 0 Å². The number of epoxide rings is 1. The summed E-state index contributed by atoms with van der Waals surface area (Å²) in [7, 11) is 0. The number of hydrogen-bond acceptors (Lipinski definition) is 7. The maximum atomic E-state index is 12.8. The minimum absolute atomic E-state index is 0.0873. The van der Waals surface area contributed by atoms with Crippen molar-refractivity contribution >= 4 is 23.3 Å². The van der Waals surface area contributed by atoms with Gasteiger partial charge in [0.1, 0.15) is 6.04 Å². The fourth-order valence-corrected chi connectivity index (χ4v) is 3.17. The minimum atomic E-state index is -1.27. The molecule has 1 aliphatic rings. The Kier molecular flexibility index (Phi) is 8.97. The number of nitrogens with one attached hydrogen (secondary N) is 3. The molecule has 172 valence electrons. The first-order valence-electron chi connectivity index (χ1n) is 10.6. The van der Waals surface area contributed by atoms with E-state index in [9.17, 15) is 24.6 Å². The topological polar surface area (TPSA) is 140 Å². The van der Waals surface area contributed by atoms with E-state index in [1.165, 1.54) is 0 Å². The second-order valence-corrected chi connectivity index (χ2v) is 8.21. The normalized spacial score (nSPS) is 19.4. The molecule has 0 saturated carbocycles. The highest BCUT2D eigenvalue weighted by Crippen LogP contribution is 2.30. The molecule has 0 unspecified atom stereocenters. The van der Waals surface area contributed by atoms with Crippen LogP contribution in [0.5, 0.6) is 0 Å². The molecule has 2 amide bonds. The highest BCUT2D eigenvalue weighted by molar-refractivity contribution is 6.00. The molecule has 0 radical (unpaired) electrons. The quantitative estimate of drug-likeness (QED) is 0.284. The molecule has 0 spiro atoms. The Morgan fingerprint density at radius 2 is 1.87 bits per heavy atom. The maximum absolute atomic E-state index is 12.8. The third kappa shape index (κ3) is 6.75. The van der Waals surface area contributed by atoms with E-state index in [0.717, 1.165) is 18.7 Å². The number of ketones is 1. The molecule has 1 saturated heterocycles. The molecule has 2 rings (SSSR count). The molecule has 0 aliphatic carbocycles. The van der Waals surface area contributed by atoms with E-state index < -0.39 is 48.5 Å². The minimum Gasteiger partial charge on any atom is -0.394 e. The van der Waals surface area contributed by atoms with Crippen molar-refractivity contribution in [3.05, 3.63) is 29.8 Å². The lowest BCUT2D eigenvalue weighted by Gasteiger charge is -2.24. The number of ether oxygens (including phenoxy) is 1. The molecule has 1 aromatic rings. The van der Waals surface area contributed by atoms with Gasteiger partial charge in [-0.2, -0.15) is 0 Å². The summed E-state index contributed by atoms with van der Waals surface area (Å²) in [5.41, 5.74) is -0.148. The average molecular weight is 436 g/mol. The number of anilines is 1. The van der Waals surface area contributed by atoms with Crippen LogP contribution in [0.25, 0.3) is 0 Å². The lowest BCUT2D eigenvalue weighted by molar-refractivity contribution is -0.133. The van der Waals surface area contributed by atoms with Crippen LogP contribution in [-0.2, 0) is 14.3 Å². The van der Waals surface area contributed by atoms with Gasteiger partial charge in [0.25, 0.3) is 5.91 Å². The van der Waals surface area contributed by atoms with Crippen LogP contribution in [0.15, 0.2) is 24.3 Å². The van der Waals surface area contributed by atoms with Crippen molar-refractivity contribution in [3.8, 4) is 0 Å². The maximum Gasteiger partial charge on any atom is 0.252 e. The van der Waals surface area contributed by atoms with Crippen molar-refractivity contribution in [3.63, 3.8) is 0 Å². The fraction of sp³-hybridized carbons (Fsp3) is 0.591. The summed E-state index contributed by atoms with van der Waals surface area (Å²) in [6, 6.07) is 4.71. The predicted octanol–water partition coefficient (Wildman–Crippen LogP) is 0.461. The van der Waals surface area contributed by atoms with Gasteiger partial charge in [-0.05, 0) is 37.0 Å². The standard InChI is InChI=1S/C22H33N3O6/c1-4-8-23-16-7-5-6-15(10-16)20(29)25-18(11-26)21(30)24-17(9-14(2)3)19(28)22(12-27)13-31-22/h5-7,10,14,17-18,23,26-27H,4,8-9,11-13H2,1-3H3,(H,24,30)(H,25,29)/t17-,18-,22-/m0/s1. The monoisotopic (exact) mass is 435 g/mol. The summed E-state index contributed by atoms with van der Waals surface area (Å²) in [6.45, 7) is 5.61. The van der Waals surface area contributed by atoms with E-state index in [0.29, 0.717) is 12.0 Å². The van der Waals surface area contributed by atoms with E-state index in [4.69, 9.17) is 4.74 Å². The van der Waals surface area contributed by atoms with Crippen LogP contribution >= 0.6 is 0 Å². The van der Waals surface area contributed by atoms with Gasteiger partial charge in [-0.1, -0.05) is 26.8 Å². The SMILES string of the molecule is CCCNc1cccc(C(=O)N[C@@H](CO)C(=O)N[C@@H](CC(C)C)C(=O)[C@]2(CO)CO2)c1. The molecule has 1 aliphatic heterocycles. The zero-order valence-electron chi connectivity index (χ0n) is 18.3. The van der Waals surface area contributed by atoms with Crippen molar-refractivity contribution in [2.45, 2.75) is 51.3 Å². The number of aliphatic hydroxyl groups is 2. The van der Waals surface area contributed by atoms with Crippen molar-refractivity contribution in [1.82, 2.24) is 10.6 Å². The van der Waals surface area contributed by atoms with E-state index in [-0.39, 0.29) is 12.5 Å². The van der Waals surface area contributed by atoms with Crippen LogP contribution in [0, 0.1) is 5.92 Å². The van der Waals surface area contributed by atoms with E-state index in [2.05, 4.69) is 16.0 Å². The Morgan fingerprint density at radius 3 is 2.42 bits per heavy atom. The molecular formula is C22H33N3O6. The van der Waals surface area contributed by atoms with Crippen molar-refractivity contribution < 1.29 is 29.3 Å². The second kappa shape index (κ2) is 11.2. The highest BCUT2D eigenvalue weighted by Gasteiger charge is 2.54. The third-order valence-electron chi connectivity index (χ3n) is 5.05. The molecule has 3 atom stereocenters. The number of amides is 2. The Bertz CT molecular complexity index is 778. The van der Waals surface area contributed by atoms with Crippen molar-refractivity contribution in [2.24, 2.45) is 5.92 Å². The molecule has 5 N–H and O–H groups in total. The number of benzene rings is 1. The molecule has 0 aromatic heterocycles. The number of Topliss-reactive ketones (excluding diaryl/α,β-unsaturated/α-hetero) is 1. The first-order chi connectivity index (χ1) is 14.8. The molecule has 1 heterocycles. The number of hydrogen-bond donors (Lipinski definition) is 5. The molecule has 0 bridgehead atoms. The Hall–Kier alpha value is -2.49. The van der Waals surface area contributed by atoms with Crippen LogP contribution in [0.4, 0.5) is 5.69 Å². The molecule has 1 fully saturated rings. The highest BCUT2D eigenvalue weighted by atomic mass is 16.6. The molecule has 9 nitrogen and oxygen atoms in total. The van der Waals surface area contributed by atoms with Gasteiger partial charge < -0.3 is 30.9 Å². The summed E-state index contributed by atoms with van der Waals surface area (Å²) < 4.78 is 5.12. The second-order valence-electron chi connectivity index (χ2n) is 8.21. The first kappa shape index (κ1) is 24.8. The lowest BCUT2D eigenvalue weighted by Crippen LogP contribution is -2.55. The van der Waals surface area contributed by atoms with Gasteiger partial charge in [0.2, 0.25) is 5.91 Å². The summed E-state index contributed by atoms with van der Waals surface area (Å²) in [5, 5.41) is 27.4. The van der Waals surface area contributed by atoms with Crippen LogP contribution in [-0.4, -0.2) is 71.9 Å². The van der Waals surface area contributed by atoms with Crippen LogP contribution in [0.3, 0.4) is 0 Å². The summed E-state index contributed by atoms with van der Waals surface area (Å²) in [4.78, 5) is 38.1. The predicted molar refractivity (Wildman–Crippen MR) is 116 cm³/mol. The summed E-state index contributed by atoms with van der Waals surface area (Å²) in [5.74, 6) is -1.51. The van der Waals surface area contributed by atoms with Crippen LogP contribution in [0.2, 0.25) is 0 Å². The zero-order valence-corrected chi connectivity index (χ0v) is 18.3. The molecular weight excluding hydrogens is 402 g/mol. The molecule has 9 heteroatoms. The van der Waals surface area contributed by atoms with Crippen LogP contribution < -0.4 is 16.0 Å². The largest absolute Gasteiger partial charge is 0.394 e. The smallest absolute Gasteiger partial charge is 0.252 e. The Balaban J connectivity index is 2.05. The zero-order chi connectivity index (χ0) is 23.0. The van der Waals surface area contributed by atoms with Gasteiger partial charge in [-0.15, -0.1) is 0 Å². The van der Waals surface area contributed by atoms with Gasteiger partial charge in [-0.25, -0.2) is 0 Å². The van der Waals surface area contributed by atoms with E-state index >= 15 is 0 Å². The van der Waals surface area contributed by atoms with Gasteiger partial charge in [-0.3, -0.25) is 14.4 Å². The summed E-state index contributed by atoms with van der Waals surface area (Å²) in [6.07, 6.45) is 1.27. The molecule has 1 aromatic carbocycles. The Morgan fingerprint density at radius 1 is 1.16 bits per heavy atom. The van der Waals surface area contributed by atoms with Crippen molar-refractivity contribution in [2.75, 3.05) is 31.7 Å². The lowest BCUT2D eigenvalue weighted by atomic mass is 9.92. The average Bonchev–Trinajstić information content (AvgIpc) is 3.56. The van der Waals surface area contributed by atoms with Gasteiger partial charge in [0, 0.05) is 17.8 Å². The third-order valence-corrected chi connectivity index (χ3v) is 5.05. The van der Waals surface area contributed by atoms with Gasteiger partial charge in [0.15, 0.2) is 11.4 Å².